The Labute approximate surface area is 156 Å². The van der Waals surface area contributed by atoms with Crippen LogP contribution in [0.2, 0.25) is 0 Å². The molecule has 2 aromatic rings. The number of rotatable bonds is 2. The second kappa shape index (κ2) is 6.46. The van der Waals surface area contributed by atoms with Crippen LogP contribution in [0.1, 0.15) is 30.5 Å². The lowest BCUT2D eigenvalue weighted by molar-refractivity contribution is 0.790. The fraction of sp³-hybridized carbons (Fsp3) is 0.154. The molecule has 2 aliphatic carbocycles. The van der Waals surface area contributed by atoms with Crippen molar-refractivity contribution in [1.82, 2.24) is 0 Å². The minimum Gasteiger partial charge on any atom is -0.0716 e. The third kappa shape index (κ3) is 2.54. The van der Waals surface area contributed by atoms with Crippen LogP contribution >= 0.6 is 0 Å². The maximum Gasteiger partial charge on any atom is 0.0640 e. The minimum atomic E-state index is -0.221. The van der Waals surface area contributed by atoms with E-state index in [-0.39, 0.29) is 5.41 Å². The Bertz CT molecular complexity index is 972. The van der Waals surface area contributed by atoms with Gasteiger partial charge in [0.25, 0.3) is 0 Å². The highest BCUT2D eigenvalue weighted by atomic mass is 14.4. The molecule has 0 fully saturated rings. The van der Waals surface area contributed by atoms with Crippen LogP contribution in [0.25, 0.3) is 5.57 Å². The molecular formula is C26H24. The molecule has 0 aromatic heterocycles. The summed E-state index contributed by atoms with van der Waals surface area (Å²) in [6.45, 7) is 6.59. The van der Waals surface area contributed by atoms with Crippen molar-refractivity contribution in [3.05, 3.63) is 124 Å². The standard InChI is InChI=1S/C26H24/c1-19(2)25-18-23(21-10-6-4-7-11-21)24-12-8-5-9-17-26(24,25)22-15-13-20(3)14-16-22/h4-18H,1-3H3. The first-order chi connectivity index (χ1) is 12.6. The summed E-state index contributed by atoms with van der Waals surface area (Å²) in [7, 11) is 0. The highest BCUT2D eigenvalue weighted by molar-refractivity contribution is 5.92. The van der Waals surface area contributed by atoms with Gasteiger partial charge in [0, 0.05) is 0 Å². The summed E-state index contributed by atoms with van der Waals surface area (Å²) < 4.78 is 0. The van der Waals surface area contributed by atoms with Gasteiger partial charge < -0.3 is 0 Å². The summed E-state index contributed by atoms with van der Waals surface area (Å²) in [6.07, 6.45) is 13.5. The number of allylic oxidation sites excluding steroid dienone is 10. The van der Waals surface area contributed by atoms with Crippen molar-refractivity contribution in [2.75, 3.05) is 0 Å². The van der Waals surface area contributed by atoms with E-state index in [1.807, 2.05) is 0 Å². The second-order valence-electron chi connectivity index (χ2n) is 7.34. The van der Waals surface area contributed by atoms with Gasteiger partial charge >= 0.3 is 0 Å². The number of hydrogen-bond acceptors (Lipinski definition) is 0. The Kier molecular flexibility index (Phi) is 4.12. The fourth-order valence-electron chi connectivity index (χ4n) is 4.13. The molecule has 0 spiro atoms. The molecule has 128 valence electrons. The summed E-state index contributed by atoms with van der Waals surface area (Å²) in [4.78, 5) is 0. The van der Waals surface area contributed by atoms with Gasteiger partial charge in [-0.25, -0.2) is 0 Å². The lowest BCUT2D eigenvalue weighted by Crippen LogP contribution is -2.25. The molecule has 0 saturated carbocycles. The molecule has 0 heterocycles. The van der Waals surface area contributed by atoms with Gasteiger partial charge in [-0.05, 0) is 54.7 Å². The monoisotopic (exact) mass is 336 g/mol. The molecule has 0 amide bonds. The molecule has 0 heteroatoms. The van der Waals surface area contributed by atoms with Crippen molar-refractivity contribution in [3.8, 4) is 0 Å². The SMILES string of the molecule is CC(C)=C1C=C(c2ccccc2)C2=CC=CC=CC21c1ccc(C)cc1. The number of benzene rings is 2. The van der Waals surface area contributed by atoms with E-state index < -0.39 is 0 Å². The molecule has 0 N–H and O–H groups in total. The molecular weight excluding hydrogens is 312 g/mol. The third-order valence-corrected chi connectivity index (χ3v) is 5.39. The quantitative estimate of drug-likeness (QED) is 0.571. The Morgan fingerprint density at radius 2 is 1.54 bits per heavy atom. The van der Waals surface area contributed by atoms with Crippen LogP contribution in [-0.2, 0) is 5.41 Å². The number of hydrogen-bond donors (Lipinski definition) is 0. The third-order valence-electron chi connectivity index (χ3n) is 5.39. The van der Waals surface area contributed by atoms with Crippen molar-refractivity contribution in [2.45, 2.75) is 26.2 Å². The van der Waals surface area contributed by atoms with Crippen LogP contribution in [0.15, 0.2) is 108 Å². The average Bonchev–Trinajstić information content (AvgIpc) is 2.83. The van der Waals surface area contributed by atoms with Gasteiger partial charge in [0.1, 0.15) is 0 Å². The van der Waals surface area contributed by atoms with Crippen LogP contribution in [0.4, 0.5) is 0 Å². The summed E-state index contributed by atoms with van der Waals surface area (Å²) in [5, 5.41) is 0. The van der Waals surface area contributed by atoms with Gasteiger partial charge in [-0.3, -0.25) is 0 Å². The normalized spacial score (nSPS) is 21.1. The van der Waals surface area contributed by atoms with Crippen LogP contribution in [0, 0.1) is 6.92 Å². The van der Waals surface area contributed by atoms with Gasteiger partial charge in [-0.1, -0.05) is 96.1 Å². The molecule has 2 aromatic carbocycles. The van der Waals surface area contributed by atoms with Crippen molar-refractivity contribution in [3.63, 3.8) is 0 Å². The van der Waals surface area contributed by atoms with E-state index in [1.54, 1.807) is 0 Å². The maximum atomic E-state index is 2.39. The van der Waals surface area contributed by atoms with Crippen molar-refractivity contribution in [2.24, 2.45) is 0 Å². The van der Waals surface area contributed by atoms with Crippen LogP contribution < -0.4 is 0 Å². The molecule has 4 rings (SSSR count). The largest absolute Gasteiger partial charge is 0.0716 e. The molecule has 1 atom stereocenters. The van der Waals surface area contributed by atoms with E-state index in [1.165, 1.54) is 39.0 Å². The van der Waals surface area contributed by atoms with Gasteiger partial charge in [0.15, 0.2) is 0 Å². The molecule has 0 nitrogen and oxygen atoms in total. The van der Waals surface area contributed by atoms with Crippen molar-refractivity contribution >= 4 is 5.57 Å². The highest BCUT2D eigenvalue weighted by Gasteiger charge is 2.43. The zero-order valence-electron chi connectivity index (χ0n) is 15.7. The van der Waals surface area contributed by atoms with Crippen LogP contribution in [0.5, 0.6) is 0 Å². The zero-order chi connectivity index (χ0) is 18.1. The Hall–Kier alpha value is -2.86. The van der Waals surface area contributed by atoms with Crippen LogP contribution in [-0.4, -0.2) is 0 Å². The van der Waals surface area contributed by atoms with Gasteiger partial charge in [0.2, 0.25) is 0 Å². The molecule has 0 bridgehead atoms. The van der Waals surface area contributed by atoms with Crippen molar-refractivity contribution < 1.29 is 0 Å². The van der Waals surface area contributed by atoms with Gasteiger partial charge in [-0.2, -0.15) is 0 Å². The summed E-state index contributed by atoms with van der Waals surface area (Å²) >= 11 is 0. The van der Waals surface area contributed by atoms with Gasteiger partial charge in [-0.15, -0.1) is 0 Å². The molecule has 26 heavy (non-hydrogen) atoms. The lowest BCUT2D eigenvalue weighted by atomic mass is 9.69. The first-order valence-electron chi connectivity index (χ1n) is 9.22. The smallest absolute Gasteiger partial charge is 0.0640 e. The summed E-state index contributed by atoms with van der Waals surface area (Å²) in [5.41, 5.74) is 9.08. The predicted octanol–water partition coefficient (Wildman–Crippen LogP) is 6.72. The zero-order valence-corrected chi connectivity index (χ0v) is 15.7. The first kappa shape index (κ1) is 16.6. The number of fused-ring (bicyclic) bond motifs is 1. The van der Waals surface area contributed by atoms with Gasteiger partial charge in [0.05, 0.1) is 5.41 Å². The van der Waals surface area contributed by atoms with E-state index in [2.05, 4.69) is 112 Å². The van der Waals surface area contributed by atoms with E-state index in [9.17, 15) is 0 Å². The predicted molar refractivity (Wildman–Crippen MR) is 112 cm³/mol. The minimum absolute atomic E-state index is 0.221. The van der Waals surface area contributed by atoms with Crippen LogP contribution in [0.3, 0.4) is 0 Å². The molecule has 2 aliphatic rings. The van der Waals surface area contributed by atoms with Crippen molar-refractivity contribution in [1.29, 1.82) is 0 Å². The topological polar surface area (TPSA) is 0 Å². The fourth-order valence-corrected chi connectivity index (χ4v) is 4.13. The average molecular weight is 336 g/mol. The van der Waals surface area contributed by atoms with E-state index in [0.717, 1.165) is 0 Å². The lowest BCUT2D eigenvalue weighted by Gasteiger charge is -2.32. The Morgan fingerprint density at radius 1 is 0.808 bits per heavy atom. The van der Waals surface area contributed by atoms with E-state index in [0.29, 0.717) is 0 Å². The number of aryl methyl sites for hydroxylation is 1. The Morgan fingerprint density at radius 3 is 2.23 bits per heavy atom. The molecule has 1 unspecified atom stereocenters. The Balaban J connectivity index is 2.02. The second-order valence-corrected chi connectivity index (χ2v) is 7.34. The summed E-state index contributed by atoms with van der Waals surface area (Å²) in [6, 6.07) is 19.7. The first-order valence-corrected chi connectivity index (χ1v) is 9.22. The summed E-state index contributed by atoms with van der Waals surface area (Å²) in [5.74, 6) is 0. The molecule has 0 aliphatic heterocycles. The maximum absolute atomic E-state index is 2.39. The molecule has 0 radical (unpaired) electrons. The van der Waals surface area contributed by atoms with E-state index >= 15 is 0 Å². The van der Waals surface area contributed by atoms with E-state index in [4.69, 9.17) is 0 Å². The highest BCUT2D eigenvalue weighted by Crippen LogP contribution is 2.54. The molecule has 0 saturated heterocycles.